The number of nitrogens with zero attached hydrogens (tertiary/aromatic N) is 3. The van der Waals surface area contributed by atoms with Crippen LogP contribution in [0.25, 0.3) is 6.08 Å². The quantitative estimate of drug-likeness (QED) is 0.390. The molecule has 3 aromatic carbocycles. The van der Waals surface area contributed by atoms with Crippen LogP contribution in [0.5, 0.6) is 0 Å². The fraction of sp³-hybridized carbons (Fsp3) is 0.241. The fourth-order valence-electron chi connectivity index (χ4n) is 4.60. The Morgan fingerprint density at radius 1 is 1.00 bits per heavy atom. The Kier molecular flexibility index (Phi) is 8.29. The second kappa shape index (κ2) is 11.8. The van der Waals surface area contributed by atoms with Crippen LogP contribution in [0.3, 0.4) is 0 Å². The largest absolute Gasteiger partial charge is 0.369 e. The molecule has 0 bridgehead atoms. The molecule has 1 saturated heterocycles. The first kappa shape index (κ1) is 26.6. The predicted molar refractivity (Wildman–Crippen MR) is 158 cm³/mol. The first-order valence-electron chi connectivity index (χ1n) is 12.5. The molecule has 38 heavy (non-hydrogen) atoms. The molecule has 0 atom stereocenters. The number of nitrogens with one attached hydrogen (secondary N) is 1. The van der Waals surface area contributed by atoms with Crippen LogP contribution < -0.4 is 15.1 Å². The Bertz CT molecular complexity index is 1390. The van der Waals surface area contributed by atoms with Crippen LogP contribution in [-0.2, 0) is 4.79 Å². The van der Waals surface area contributed by atoms with Gasteiger partial charge >= 0.3 is 0 Å². The number of hydrogen-bond donors (Lipinski definition) is 1. The predicted octanol–water partition coefficient (Wildman–Crippen LogP) is 5.66. The maximum atomic E-state index is 13.0. The number of likely N-dealkylation sites (N-methyl/N-ethyl adjacent to an activating group) is 1. The lowest BCUT2D eigenvalue weighted by Crippen LogP contribution is -2.48. The monoisotopic (exact) mass is 566 g/mol. The van der Waals surface area contributed by atoms with E-state index < -0.39 is 0 Å². The minimum atomic E-state index is -0.145. The molecule has 1 fully saturated rings. The Morgan fingerprint density at radius 3 is 2.55 bits per heavy atom. The van der Waals surface area contributed by atoms with E-state index in [1.807, 2.05) is 54.6 Å². The van der Waals surface area contributed by atoms with Crippen molar-refractivity contribution in [2.75, 3.05) is 56.1 Å². The van der Waals surface area contributed by atoms with Crippen molar-refractivity contribution < 1.29 is 9.59 Å². The molecule has 2 amide bonds. The van der Waals surface area contributed by atoms with Gasteiger partial charge in [-0.05, 0) is 54.1 Å². The van der Waals surface area contributed by atoms with E-state index in [-0.39, 0.29) is 11.8 Å². The average molecular weight is 568 g/mol. The summed E-state index contributed by atoms with van der Waals surface area (Å²) in [6, 6.07) is 20.9. The third-order valence-corrected chi connectivity index (χ3v) is 8.43. The fourth-order valence-corrected chi connectivity index (χ4v) is 6.06. The van der Waals surface area contributed by atoms with Crippen molar-refractivity contribution in [3.8, 4) is 0 Å². The highest BCUT2D eigenvalue weighted by molar-refractivity contribution is 8.04. The molecule has 1 N–H and O–H groups in total. The van der Waals surface area contributed by atoms with Gasteiger partial charge in [0.05, 0.1) is 10.6 Å². The zero-order valence-electron chi connectivity index (χ0n) is 21.0. The molecule has 0 saturated carbocycles. The van der Waals surface area contributed by atoms with Gasteiger partial charge in [0, 0.05) is 72.5 Å². The first-order chi connectivity index (χ1) is 18.4. The summed E-state index contributed by atoms with van der Waals surface area (Å²) in [6.07, 6.45) is 1.81. The van der Waals surface area contributed by atoms with Crippen molar-refractivity contribution in [2.24, 2.45) is 0 Å². The van der Waals surface area contributed by atoms with Gasteiger partial charge in [0.2, 0.25) is 0 Å². The average Bonchev–Trinajstić information content (AvgIpc) is 2.93. The van der Waals surface area contributed by atoms with Crippen LogP contribution in [-0.4, -0.2) is 63.0 Å². The molecule has 0 unspecified atom stereocenters. The van der Waals surface area contributed by atoms with Crippen LogP contribution in [0.1, 0.15) is 15.9 Å². The number of piperazine rings is 1. The van der Waals surface area contributed by atoms with Crippen LogP contribution in [0.4, 0.5) is 11.4 Å². The van der Waals surface area contributed by atoms with E-state index in [2.05, 4.69) is 21.2 Å². The third kappa shape index (κ3) is 6.02. The van der Waals surface area contributed by atoms with Gasteiger partial charge in [0.1, 0.15) is 0 Å². The van der Waals surface area contributed by atoms with E-state index >= 15 is 0 Å². The van der Waals surface area contributed by atoms with E-state index in [1.54, 1.807) is 24.1 Å². The molecule has 0 aromatic heterocycles. The number of carbonyl (C=O) groups is 2. The standard InChI is InChI=1S/C29H28Cl2N4O2S/c1-33-25-17-21(9-10-26(25)38-27(29(33)37)18-20-5-2-3-8-24(20)31)28(36)32-11-12-34-13-15-35(16-14-34)23-7-4-6-22(30)19-23/h2-10,17-19H,11-16H2,1H3,(H,32,36)/b27-18-. The summed E-state index contributed by atoms with van der Waals surface area (Å²) in [5.41, 5.74) is 3.20. The lowest BCUT2D eigenvalue weighted by molar-refractivity contribution is -0.114. The van der Waals surface area contributed by atoms with Gasteiger partial charge in [-0.15, -0.1) is 0 Å². The van der Waals surface area contributed by atoms with E-state index in [9.17, 15) is 9.59 Å². The van der Waals surface area contributed by atoms with E-state index in [4.69, 9.17) is 23.2 Å². The third-order valence-electron chi connectivity index (χ3n) is 6.77. The number of benzene rings is 3. The Morgan fingerprint density at radius 2 is 1.79 bits per heavy atom. The van der Waals surface area contributed by atoms with Crippen LogP contribution in [0.2, 0.25) is 10.0 Å². The van der Waals surface area contributed by atoms with Crippen molar-refractivity contribution in [3.05, 3.63) is 92.8 Å². The van der Waals surface area contributed by atoms with Gasteiger partial charge in [0.15, 0.2) is 0 Å². The molecule has 3 aromatic rings. The van der Waals surface area contributed by atoms with Gasteiger partial charge in [-0.3, -0.25) is 14.5 Å². The van der Waals surface area contributed by atoms with Crippen molar-refractivity contribution in [1.29, 1.82) is 0 Å². The normalized spacial score (nSPS) is 17.0. The molecule has 2 heterocycles. The number of amides is 2. The summed E-state index contributed by atoms with van der Waals surface area (Å²) in [5, 5.41) is 4.37. The number of hydrogen-bond acceptors (Lipinski definition) is 5. The molecular formula is C29H28Cl2N4O2S. The summed E-state index contributed by atoms with van der Waals surface area (Å²) in [4.78, 5) is 33.7. The number of halogens is 2. The molecule has 2 aliphatic heterocycles. The van der Waals surface area contributed by atoms with Crippen molar-refractivity contribution >= 4 is 64.2 Å². The Hall–Kier alpha value is -2.97. The van der Waals surface area contributed by atoms with Crippen LogP contribution in [0.15, 0.2) is 76.5 Å². The minimum absolute atomic E-state index is 0.128. The molecule has 9 heteroatoms. The molecule has 5 rings (SSSR count). The highest BCUT2D eigenvalue weighted by atomic mass is 35.5. The number of rotatable bonds is 6. The molecule has 6 nitrogen and oxygen atoms in total. The van der Waals surface area contributed by atoms with E-state index in [0.717, 1.165) is 59.6 Å². The molecule has 196 valence electrons. The Labute approximate surface area is 237 Å². The van der Waals surface area contributed by atoms with Crippen molar-refractivity contribution in [3.63, 3.8) is 0 Å². The van der Waals surface area contributed by atoms with Crippen molar-refractivity contribution in [1.82, 2.24) is 10.2 Å². The van der Waals surface area contributed by atoms with E-state index in [1.165, 1.54) is 11.8 Å². The number of anilines is 2. The Balaban J connectivity index is 1.16. The summed E-state index contributed by atoms with van der Waals surface area (Å²) in [5.74, 6) is -0.273. The van der Waals surface area contributed by atoms with Gasteiger partial charge in [-0.25, -0.2) is 0 Å². The summed E-state index contributed by atoms with van der Waals surface area (Å²) in [6.45, 7) is 5.03. The molecule has 2 aliphatic rings. The number of carbonyl (C=O) groups excluding carboxylic acids is 2. The SMILES string of the molecule is CN1C(=O)/C(=C/c2ccccc2Cl)Sc2ccc(C(=O)NCCN3CCN(c4cccc(Cl)c4)CC3)cc21. The lowest BCUT2D eigenvalue weighted by atomic mass is 10.1. The summed E-state index contributed by atoms with van der Waals surface area (Å²) >= 11 is 13.8. The molecule has 0 radical (unpaired) electrons. The van der Waals surface area contributed by atoms with Crippen LogP contribution >= 0.6 is 35.0 Å². The van der Waals surface area contributed by atoms with Gasteiger partial charge in [-0.1, -0.05) is 59.2 Å². The smallest absolute Gasteiger partial charge is 0.264 e. The van der Waals surface area contributed by atoms with Gasteiger partial charge in [0.25, 0.3) is 11.8 Å². The zero-order chi connectivity index (χ0) is 26.6. The lowest BCUT2D eigenvalue weighted by Gasteiger charge is -2.36. The van der Waals surface area contributed by atoms with Crippen molar-refractivity contribution in [2.45, 2.75) is 4.90 Å². The number of thioether (sulfide) groups is 1. The van der Waals surface area contributed by atoms with Crippen LogP contribution in [0, 0.1) is 0 Å². The maximum absolute atomic E-state index is 13.0. The molecule has 0 spiro atoms. The minimum Gasteiger partial charge on any atom is -0.369 e. The summed E-state index contributed by atoms with van der Waals surface area (Å²) in [7, 11) is 1.73. The van der Waals surface area contributed by atoms with E-state index in [0.29, 0.717) is 22.0 Å². The topological polar surface area (TPSA) is 55.9 Å². The van der Waals surface area contributed by atoms with Gasteiger partial charge in [-0.2, -0.15) is 0 Å². The number of fused-ring (bicyclic) bond motifs is 1. The molecular weight excluding hydrogens is 539 g/mol. The summed E-state index contributed by atoms with van der Waals surface area (Å²) < 4.78 is 0. The zero-order valence-corrected chi connectivity index (χ0v) is 23.3. The second-order valence-corrected chi connectivity index (χ2v) is 11.2. The maximum Gasteiger partial charge on any atom is 0.264 e. The highest BCUT2D eigenvalue weighted by Crippen LogP contribution is 2.42. The van der Waals surface area contributed by atoms with Gasteiger partial charge < -0.3 is 15.1 Å². The molecule has 0 aliphatic carbocycles. The highest BCUT2D eigenvalue weighted by Gasteiger charge is 2.27. The first-order valence-corrected chi connectivity index (χ1v) is 14.0. The second-order valence-electron chi connectivity index (χ2n) is 9.24.